The van der Waals surface area contributed by atoms with Gasteiger partial charge in [0.25, 0.3) is 11.8 Å². The van der Waals surface area contributed by atoms with Gasteiger partial charge in [-0.3, -0.25) is 19.0 Å². The Morgan fingerprint density at radius 1 is 0.641 bits per heavy atom. The Bertz CT molecular complexity index is 3750. The number of hydrogen-bond acceptors (Lipinski definition) is 14. The molecule has 0 aliphatic carbocycles. The van der Waals surface area contributed by atoms with Gasteiger partial charge in [-0.15, -0.1) is 0 Å². The first-order valence-corrected chi connectivity index (χ1v) is 37.4. The number of carbonyl (C=O) groups excluding carboxylic acids is 2. The third-order valence-corrected chi connectivity index (χ3v) is 18.0. The van der Waals surface area contributed by atoms with E-state index < -0.39 is 41.4 Å². The summed E-state index contributed by atoms with van der Waals surface area (Å²) < 4.78 is 66.2. The molecule has 78 heavy (non-hydrogen) atoms. The summed E-state index contributed by atoms with van der Waals surface area (Å²) in [5.41, 5.74) is 5.82. The van der Waals surface area contributed by atoms with Gasteiger partial charge in [-0.25, -0.2) is 36.8 Å². The van der Waals surface area contributed by atoms with Crippen molar-refractivity contribution in [2.45, 2.75) is 134 Å². The second-order valence-electron chi connectivity index (χ2n) is 24.0. The Morgan fingerprint density at radius 2 is 1.06 bits per heavy atom. The average Bonchev–Trinajstić information content (AvgIpc) is 4.10. The molecule has 2 N–H and O–H groups in total. The summed E-state index contributed by atoms with van der Waals surface area (Å²) in [6.45, 7) is 29.3. The Morgan fingerprint density at radius 3 is 1.51 bits per heavy atom. The molecule has 2 aromatic carbocycles. The molecule has 0 unspecified atom stereocenters. The Kier molecular flexibility index (Phi) is 18.6. The zero-order valence-electron chi connectivity index (χ0n) is 47.9. The number of fused-ring (bicyclic) bond motifs is 4. The minimum Gasteiger partial charge on any atom is -0.361 e. The predicted molar refractivity (Wildman–Crippen MR) is 317 cm³/mol. The number of ether oxygens (including phenoxy) is 2. The lowest BCUT2D eigenvalue weighted by Crippen LogP contribution is -2.40. The number of nitrogens with zero attached hydrogens (tertiary/aromatic N) is 10. The van der Waals surface area contributed by atoms with Crippen LogP contribution in [0.3, 0.4) is 0 Å². The van der Waals surface area contributed by atoms with E-state index in [4.69, 9.17) is 14.5 Å². The molecular formula is C53H75BrN12O8S2Si2. The van der Waals surface area contributed by atoms with Crippen LogP contribution in [0.1, 0.15) is 68.0 Å². The largest absolute Gasteiger partial charge is 0.361 e. The van der Waals surface area contributed by atoms with Gasteiger partial charge >= 0.3 is 0 Å². The highest BCUT2D eigenvalue weighted by Crippen LogP contribution is 2.31. The summed E-state index contributed by atoms with van der Waals surface area (Å²) in [4.78, 5) is 44.7. The van der Waals surface area contributed by atoms with Gasteiger partial charge in [0.2, 0.25) is 0 Å². The number of amides is 2. The van der Waals surface area contributed by atoms with Crippen LogP contribution in [0.5, 0.6) is 0 Å². The van der Waals surface area contributed by atoms with E-state index in [9.17, 15) is 26.4 Å². The van der Waals surface area contributed by atoms with E-state index in [0.29, 0.717) is 79.8 Å². The second kappa shape index (κ2) is 23.6. The van der Waals surface area contributed by atoms with Gasteiger partial charge < -0.3 is 29.2 Å². The van der Waals surface area contributed by atoms with E-state index >= 15 is 0 Å². The average molecular weight is 1210 g/mol. The number of sulfone groups is 2. The fourth-order valence-corrected chi connectivity index (χ4v) is 11.0. The summed E-state index contributed by atoms with van der Waals surface area (Å²) in [6, 6.07) is 12.1. The van der Waals surface area contributed by atoms with Crippen molar-refractivity contribution in [1.82, 2.24) is 59.3 Å². The van der Waals surface area contributed by atoms with Crippen molar-refractivity contribution >= 4 is 108 Å². The van der Waals surface area contributed by atoms with Gasteiger partial charge in [-0.1, -0.05) is 39.3 Å². The van der Waals surface area contributed by atoms with Crippen LogP contribution in [0, 0.1) is 6.92 Å². The number of rotatable bonds is 15. The highest BCUT2D eigenvalue weighted by atomic mass is 79.9. The first-order chi connectivity index (χ1) is 35.9. The van der Waals surface area contributed by atoms with Gasteiger partial charge in [0.1, 0.15) is 40.5 Å². The van der Waals surface area contributed by atoms with E-state index in [1.165, 1.54) is 12.5 Å². The zero-order chi connectivity index (χ0) is 58.1. The molecule has 0 aliphatic rings. The lowest BCUT2D eigenvalue weighted by molar-refractivity contribution is 0.0879. The van der Waals surface area contributed by atoms with Crippen LogP contribution in [0.4, 0.5) is 0 Å². The van der Waals surface area contributed by atoms with Crippen molar-refractivity contribution in [3.05, 3.63) is 82.6 Å². The summed E-state index contributed by atoms with van der Waals surface area (Å²) >= 11 is 3.33. The van der Waals surface area contributed by atoms with Crippen LogP contribution in [-0.4, -0.2) is 130 Å². The van der Waals surface area contributed by atoms with E-state index in [0.717, 1.165) is 34.1 Å². The Hall–Kier alpha value is -5.71. The molecule has 0 fully saturated rings. The molecule has 0 saturated carbocycles. The third-order valence-electron chi connectivity index (χ3n) is 12.0. The van der Waals surface area contributed by atoms with Gasteiger partial charge in [-0.2, -0.15) is 10.2 Å². The van der Waals surface area contributed by atoms with Crippen molar-refractivity contribution in [3.63, 3.8) is 0 Å². The number of halogens is 1. The molecular weight excluding hydrogens is 1130 g/mol. The number of aryl methyl sites for hydroxylation is 3. The normalized spacial score (nSPS) is 12.7. The SMILES string of the molecule is CC(C)(C)NC(=O)c1cn(COCC[Si](C)(C)C)c2ncc(Br)nc12.Cc1nn(C)c2cc(S(C)(=O)=O)ccc12.Cn1nc(-c2cnc3c(n2)c(C(=O)NC(C)(C)C)cn3COCC[Si](C)(C)C)c2ccc(S(C)(=O)=O)cc21. The van der Waals surface area contributed by atoms with Crippen LogP contribution in [-0.2, 0) is 56.7 Å². The van der Waals surface area contributed by atoms with Crippen LogP contribution < -0.4 is 10.6 Å². The molecule has 0 saturated heterocycles. The van der Waals surface area contributed by atoms with E-state index in [1.807, 2.05) is 57.6 Å². The maximum atomic E-state index is 13.2. The second-order valence-corrected chi connectivity index (χ2v) is 40.1. The number of hydrogen-bond donors (Lipinski definition) is 2. The van der Waals surface area contributed by atoms with Crippen LogP contribution in [0.25, 0.3) is 55.5 Å². The van der Waals surface area contributed by atoms with E-state index in [-0.39, 0.29) is 29.0 Å². The molecule has 0 radical (unpaired) electrons. The Labute approximate surface area is 468 Å². The van der Waals surface area contributed by atoms with Gasteiger partial charge in [-0.05, 0) is 113 Å². The summed E-state index contributed by atoms with van der Waals surface area (Å²) in [5, 5.41) is 16.6. The maximum absolute atomic E-state index is 13.2. The zero-order valence-corrected chi connectivity index (χ0v) is 53.2. The smallest absolute Gasteiger partial charge is 0.255 e. The molecule has 0 spiro atoms. The first-order valence-electron chi connectivity index (χ1n) is 25.4. The highest BCUT2D eigenvalue weighted by molar-refractivity contribution is 9.10. The molecule has 0 bridgehead atoms. The lowest BCUT2D eigenvalue weighted by atomic mass is 10.1. The van der Waals surface area contributed by atoms with E-state index in [1.54, 1.807) is 84.6 Å². The lowest BCUT2D eigenvalue weighted by Gasteiger charge is -2.20. The van der Waals surface area contributed by atoms with Gasteiger partial charge in [0.15, 0.2) is 31.0 Å². The molecule has 6 aromatic heterocycles. The number of nitrogens with one attached hydrogen (secondary N) is 2. The molecule has 0 aliphatic heterocycles. The topological polar surface area (TPSA) is 242 Å². The molecule has 8 rings (SSSR count). The number of benzene rings is 2. The van der Waals surface area contributed by atoms with Crippen molar-refractivity contribution in [3.8, 4) is 11.4 Å². The van der Waals surface area contributed by atoms with Crippen LogP contribution in [0.2, 0.25) is 51.4 Å². The third kappa shape index (κ3) is 16.2. The first kappa shape index (κ1) is 61.5. The molecule has 20 nitrogen and oxygen atoms in total. The Balaban J connectivity index is 0.000000210. The quantitative estimate of drug-likeness (QED) is 0.0718. The van der Waals surface area contributed by atoms with Gasteiger partial charge in [0.05, 0.1) is 50.0 Å². The van der Waals surface area contributed by atoms with Crippen LogP contribution >= 0.6 is 15.9 Å². The van der Waals surface area contributed by atoms with Crippen molar-refractivity contribution in [2.24, 2.45) is 14.1 Å². The predicted octanol–water partition coefficient (Wildman–Crippen LogP) is 9.55. The minimum absolute atomic E-state index is 0.161. The summed E-state index contributed by atoms with van der Waals surface area (Å²) in [6.07, 6.45) is 9.14. The van der Waals surface area contributed by atoms with Crippen molar-refractivity contribution in [1.29, 1.82) is 0 Å². The van der Waals surface area contributed by atoms with Crippen molar-refractivity contribution in [2.75, 3.05) is 25.7 Å². The molecule has 0 atom stereocenters. The monoisotopic (exact) mass is 1210 g/mol. The number of aromatic nitrogens is 10. The maximum Gasteiger partial charge on any atom is 0.255 e. The molecule has 2 amide bonds. The van der Waals surface area contributed by atoms with Crippen LogP contribution in [0.15, 0.2) is 75.6 Å². The molecule has 422 valence electrons. The fraction of sp³-hybridized carbons (Fsp3) is 0.472. The molecule has 6 heterocycles. The highest BCUT2D eigenvalue weighted by Gasteiger charge is 2.26. The van der Waals surface area contributed by atoms with E-state index in [2.05, 4.69) is 91.0 Å². The summed E-state index contributed by atoms with van der Waals surface area (Å²) in [5.74, 6) is -0.413. The molecule has 8 aromatic rings. The molecule has 25 heteroatoms. The van der Waals surface area contributed by atoms with Crippen molar-refractivity contribution < 1.29 is 35.9 Å². The summed E-state index contributed by atoms with van der Waals surface area (Å²) in [7, 11) is -5.32. The standard InChI is InChI=1S/C26H36N6O4SSi.C17H27BrN4O2Si.C10H12N2O2S/c1-26(2,3)29-25(33)19-15-32(16-36-11-12-38(6,7)8)24-23(19)28-20(14-27-24)22-18-10-9-17(37(5,34)35)13-21(18)31(4)30-22;1-17(2,3)21-16(23)12-10-22(11-24-7-8-25(4,5)6)15-14(12)20-13(18)9-19-15;1-7-9-5-4-8(15(3,13)14)6-10(9)12(2)11-7/h9-10,13-15H,11-12,16H2,1-8H3,(H,29,33);9-10H,7-8,11H2,1-6H3,(H,21,23);4-6H,1-3H3. The number of carbonyl (C=O) groups is 2. The van der Waals surface area contributed by atoms with Gasteiger partial charge in [0, 0.05) is 90.2 Å². The fourth-order valence-electron chi connectivity index (χ4n) is 7.93. The minimum atomic E-state index is -3.37.